The first-order valence-corrected chi connectivity index (χ1v) is 10.5. The Hall–Kier alpha value is -2.81. The van der Waals surface area contributed by atoms with Crippen molar-refractivity contribution < 1.29 is 9.53 Å². The van der Waals surface area contributed by atoms with Crippen molar-refractivity contribution in [2.24, 2.45) is 0 Å². The van der Waals surface area contributed by atoms with Gasteiger partial charge in [-0.15, -0.1) is 0 Å². The number of carbonyl (C=O) groups is 1. The summed E-state index contributed by atoms with van der Waals surface area (Å²) in [5, 5.41) is 6.08. The molecule has 2 N–H and O–H groups in total. The van der Waals surface area contributed by atoms with Crippen LogP contribution in [-0.2, 0) is 0 Å². The minimum absolute atomic E-state index is 0.240. The Balaban J connectivity index is 1.53. The normalized spacial score (nSPS) is 14.0. The fourth-order valence-electron chi connectivity index (χ4n) is 3.03. The first-order chi connectivity index (χ1) is 14.5. The second-order valence-corrected chi connectivity index (χ2v) is 7.69. The number of hydrogen-bond donors (Lipinski definition) is 2. The fourth-order valence-corrected chi connectivity index (χ4v) is 3.15. The molecule has 10 heteroatoms. The molecule has 0 atom stereocenters. The maximum atomic E-state index is 12.0. The van der Waals surface area contributed by atoms with Crippen LogP contribution in [0, 0.1) is 0 Å². The molecule has 0 aliphatic carbocycles. The summed E-state index contributed by atoms with van der Waals surface area (Å²) in [7, 11) is 3.77. The van der Waals surface area contributed by atoms with E-state index >= 15 is 0 Å². The Morgan fingerprint density at radius 1 is 1.10 bits per heavy atom. The zero-order valence-electron chi connectivity index (χ0n) is 17.4. The maximum Gasteiger partial charge on any atom is 0.323 e. The third-order valence-electron chi connectivity index (χ3n) is 4.60. The summed E-state index contributed by atoms with van der Waals surface area (Å²) in [6.45, 7) is 2.41. The summed E-state index contributed by atoms with van der Waals surface area (Å²) in [5.74, 6) is 1.19. The molecule has 162 valence electrons. The molecular formula is C20H28ClN7O2. The molecule has 1 aliphatic heterocycles. The highest BCUT2D eigenvalue weighted by Crippen LogP contribution is 2.20. The number of hydrogen-bond acceptors (Lipinski definition) is 7. The SMILES string of the molecule is CN(C)c1nc(OCCNC(=O)Nc2ccc(Cl)cc2)nc(N2CCCCCC2)n1. The zero-order valence-corrected chi connectivity index (χ0v) is 18.2. The smallest absolute Gasteiger partial charge is 0.323 e. The van der Waals surface area contributed by atoms with E-state index in [1.54, 1.807) is 24.3 Å². The van der Waals surface area contributed by atoms with Gasteiger partial charge in [-0.3, -0.25) is 0 Å². The van der Waals surface area contributed by atoms with Gasteiger partial charge in [-0.05, 0) is 37.1 Å². The van der Waals surface area contributed by atoms with Gasteiger partial charge in [-0.2, -0.15) is 15.0 Å². The van der Waals surface area contributed by atoms with E-state index in [4.69, 9.17) is 16.3 Å². The van der Waals surface area contributed by atoms with Crippen molar-refractivity contribution in [2.75, 3.05) is 55.5 Å². The van der Waals surface area contributed by atoms with Crippen LogP contribution in [0.4, 0.5) is 22.4 Å². The minimum Gasteiger partial charge on any atom is -0.461 e. The monoisotopic (exact) mass is 433 g/mol. The average molecular weight is 434 g/mol. The molecule has 0 saturated carbocycles. The molecule has 0 spiro atoms. The number of amides is 2. The molecule has 1 fully saturated rings. The number of halogens is 1. The topological polar surface area (TPSA) is 95.5 Å². The zero-order chi connectivity index (χ0) is 21.3. The lowest BCUT2D eigenvalue weighted by molar-refractivity contribution is 0.245. The number of benzene rings is 1. The molecule has 2 amide bonds. The highest BCUT2D eigenvalue weighted by molar-refractivity contribution is 6.30. The van der Waals surface area contributed by atoms with Gasteiger partial charge in [0.25, 0.3) is 0 Å². The van der Waals surface area contributed by atoms with Crippen LogP contribution in [-0.4, -0.2) is 61.3 Å². The van der Waals surface area contributed by atoms with Crippen molar-refractivity contribution in [1.82, 2.24) is 20.3 Å². The second-order valence-electron chi connectivity index (χ2n) is 7.25. The molecule has 1 aliphatic rings. The first-order valence-electron chi connectivity index (χ1n) is 10.1. The fraction of sp³-hybridized carbons (Fsp3) is 0.500. The molecule has 1 aromatic carbocycles. The highest BCUT2D eigenvalue weighted by Gasteiger charge is 2.17. The molecule has 0 bridgehead atoms. The van der Waals surface area contributed by atoms with Gasteiger partial charge >= 0.3 is 12.0 Å². The summed E-state index contributed by atoms with van der Waals surface area (Å²) >= 11 is 5.84. The van der Waals surface area contributed by atoms with Gasteiger partial charge < -0.3 is 25.2 Å². The van der Waals surface area contributed by atoms with Crippen molar-refractivity contribution in [3.8, 4) is 6.01 Å². The minimum atomic E-state index is -0.323. The maximum absolute atomic E-state index is 12.0. The molecule has 2 heterocycles. The van der Waals surface area contributed by atoms with E-state index in [0.717, 1.165) is 25.9 Å². The predicted molar refractivity (Wildman–Crippen MR) is 119 cm³/mol. The molecule has 0 radical (unpaired) electrons. The van der Waals surface area contributed by atoms with E-state index in [9.17, 15) is 4.79 Å². The van der Waals surface area contributed by atoms with E-state index in [1.165, 1.54) is 12.8 Å². The number of rotatable bonds is 7. The van der Waals surface area contributed by atoms with Gasteiger partial charge in [0.2, 0.25) is 11.9 Å². The molecule has 9 nitrogen and oxygen atoms in total. The summed E-state index contributed by atoms with van der Waals surface area (Å²) in [4.78, 5) is 29.4. The third kappa shape index (κ3) is 6.62. The quantitative estimate of drug-likeness (QED) is 0.647. The lowest BCUT2D eigenvalue weighted by atomic mass is 10.2. The van der Waals surface area contributed by atoms with E-state index in [-0.39, 0.29) is 18.6 Å². The number of ether oxygens (including phenoxy) is 1. The number of urea groups is 1. The number of anilines is 3. The van der Waals surface area contributed by atoms with Gasteiger partial charge in [0, 0.05) is 37.9 Å². The van der Waals surface area contributed by atoms with E-state index in [2.05, 4.69) is 30.5 Å². The van der Waals surface area contributed by atoms with Gasteiger partial charge in [0.1, 0.15) is 6.61 Å². The largest absolute Gasteiger partial charge is 0.461 e. The summed E-state index contributed by atoms with van der Waals surface area (Å²) in [6, 6.07) is 6.83. The van der Waals surface area contributed by atoms with Gasteiger partial charge in [0.05, 0.1) is 6.54 Å². The molecule has 1 saturated heterocycles. The van der Waals surface area contributed by atoms with Crippen LogP contribution in [0.2, 0.25) is 5.02 Å². The number of nitrogens with one attached hydrogen (secondary N) is 2. The molecule has 30 heavy (non-hydrogen) atoms. The van der Waals surface area contributed by atoms with Crippen LogP contribution in [0.3, 0.4) is 0 Å². The average Bonchev–Trinajstić information content (AvgIpc) is 3.02. The van der Waals surface area contributed by atoms with Crippen molar-refractivity contribution in [3.63, 3.8) is 0 Å². The second kappa shape index (κ2) is 10.8. The Bertz CT molecular complexity index is 824. The highest BCUT2D eigenvalue weighted by atomic mass is 35.5. The van der Waals surface area contributed by atoms with Crippen LogP contribution in [0.5, 0.6) is 6.01 Å². The van der Waals surface area contributed by atoms with Crippen molar-refractivity contribution in [3.05, 3.63) is 29.3 Å². The third-order valence-corrected chi connectivity index (χ3v) is 4.85. The first kappa shape index (κ1) is 21.9. The van der Waals surface area contributed by atoms with Crippen LogP contribution in [0.1, 0.15) is 25.7 Å². The lowest BCUT2D eigenvalue weighted by Crippen LogP contribution is -2.32. The van der Waals surface area contributed by atoms with Crippen LogP contribution in [0.15, 0.2) is 24.3 Å². The predicted octanol–water partition coefficient (Wildman–Crippen LogP) is 3.17. The van der Waals surface area contributed by atoms with Gasteiger partial charge in [-0.1, -0.05) is 24.4 Å². The van der Waals surface area contributed by atoms with Gasteiger partial charge in [0.15, 0.2) is 0 Å². The molecule has 0 unspecified atom stereocenters. The van der Waals surface area contributed by atoms with Crippen molar-refractivity contribution in [1.29, 1.82) is 0 Å². The van der Waals surface area contributed by atoms with Crippen LogP contribution in [0.25, 0.3) is 0 Å². The lowest BCUT2D eigenvalue weighted by Gasteiger charge is -2.22. The Labute approximate surface area is 181 Å². The number of nitrogens with zero attached hydrogens (tertiary/aromatic N) is 5. The summed E-state index contributed by atoms with van der Waals surface area (Å²) < 4.78 is 5.70. The molecule has 2 aromatic rings. The Morgan fingerprint density at radius 3 is 2.47 bits per heavy atom. The Kier molecular flexibility index (Phi) is 7.89. The molecular weight excluding hydrogens is 406 g/mol. The number of aromatic nitrogens is 3. The van der Waals surface area contributed by atoms with Gasteiger partial charge in [-0.25, -0.2) is 4.79 Å². The summed E-state index contributed by atoms with van der Waals surface area (Å²) in [6.07, 6.45) is 4.72. The molecule has 1 aromatic heterocycles. The van der Waals surface area contributed by atoms with Crippen molar-refractivity contribution in [2.45, 2.75) is 25.7 Å². The number of carbonyl (C=O) groups excluding carboxylic acids is 1. The van der Waals surface area contributed by atoms with Crippen molar-refractivity contribution >= 4 is 35.2 Å². The van der Waals surface area contributed by atoms with Crippen LogP contribution < -0.4 is 25.2 Å². The van der Waals surface area contributed by atoms with E-state index in [1.807, 2.05) is 19.0 Å². The van der Waals surface area contributed by atoms with E-state index in [0.29, 0.717) is 29.2 Å². The Morgan fingerprint density at radius 2 is 1.80 bits per heavy atom. The molecule has 3 rings (SSSR count). The van der Waals surface area contributed by atoms with E-state index < -0.39 is 0 Å². The van der Waals surface area contributed by atoms with Crippen LogP contribution >= 0.6 is 11.6 Å². The summed E-state index contributed by atoms with van der Waals surface area (Å²) in [5.41, 5.74) is 0.660. The standard InChI is InChI=1S/C20H28ClN7O2/c1-27(2)17-24-18(28-12-5-3-4-6-13-28)26-20(25-17)30-14-11-22-19(29)23-16-9-7-15(21)8-10-16/h7-10H,3-6,11-14H2,1-2H3,(H2,22,23,29).